The van der Waals surface area contributed by atoms with Crippen molar-refractivity contribution in [2.75, 3.05) is 6.54 Å². The molecule has 0 bridgehead atoms. The topological polar surface area (TPSA) is 129 Å². The molecule has 0 fully saturated rings. The molecule has 4 N–H and O–H groups in total. The summed E-state index contributed by atoms with van der Waals surface area (Å²) < 4.78 is 4.99. The van der Waals surface area contributed by atoms with Crippen LogP contribution < -0.4 is 5.32 Å². The Labute approximate surface area is 127 Å². The van der Waals surface area contributed by atoms with E-state index in [1.165, 1.54) is 12.3 Å². The van der Waals surface area contributed by atoms with E-state index in [1.807, 2.05) is 0 Å². The van der Waals surface area contributed by atoms with Crippen molar-refractivity contribution in [3.8, 4) is 0 Å². The molecule has 1 heterocycles. The number of ether oxygens (including phenoxy) is 1. The summed E-state index contributed by atoms with van der Waals surface area (Å²) in [4.78, 5) is 26.0. The van der Waals surface area contributed by atoms with E-state index in [1.54, 1.807) is 20.8 Å². The van der Waals surface area contributed by atoms with Crippen molar-refractivity contribution >= 4 is 12.1 Å². The second-order valence-electron chi connectivity index (χ2n) is 5.71. The monoisotopic (exact) mass is 312 g/mol. The number of rotatable bonds is 5. The molecular weight excluding hydrogens is 292 g/mol. The molecule has 1 amide bonds. The van der Waals surface area contributed by atoms with Gasteiger partial charge in [0.1, 0.15) is 17.8 Å². The summed E-state index contributed by atoms with van der Waals surface area (Å²) in [5, 5.41) is 31.0. The minimum Gasteiger partial charge on any atom is -0.478 e. The molecule has 0 aliphatic rings. The first-order valence-electron chi connectivity index (χ1n) is 6.61. The Kier molecular flexibility index (Phi) is 5.84. The van der Waals surface area contributed by atoms with E-state index in [9.17, 15) is 19.8 Å². The van der Waals surface area contributed by atoms with Gasteiger partial charge in [0.25, 0.3) is 0 Å². The van der Waals surface area contributed by atoms with Gasteiger partial charge in [0.05, 0.1) is 5.56 Å². The number of nitrogens with one attached hydrogen (secondary N) is 1. The standard InChI is InChI=1S/C14H20N2O6/c1-14(2,3)22-13(21)16-7-10(17)11(18)8-4-9(12(19)20)6-15-5-8/h4-6,10-11,17-18H,7H2,1-3H3,(H,16,21)(H,19,20). The number of nitrogens with zero attached hydrogens (tertiary/aromatic N) is 1. The number of hydrogen-bond donors (Lipinski definition) is 4. The van der Waals surface area contributed by atoms with Crippen LogP contribution in [0.3, 0.4) is 0 Å². The number of aliphatic hydroxyl groups excluding tert-OH is 2. The Hall–Kier alpha value is -2.19. The van der Waals surface area contributed by atoms with Gasteiger partial charge in [0.2, 0.25) is 0 Å². The maximum Gasteiger partial charge on any atom is 0.407 e. The number of carbonyl (C=O) groups excluding carboxylic acids is 1. The van der Waals surface area contributed by atoms with Gasteiger partial charge in [0, 0.05) is 24.5 Å². The van der Waals surface area contributed by atoms with E-state index in [2.05, 4.69) is 10.3 Å². The Morgan fingerprint density at radius 1 is 1.32 bits per heavy atom. The second kappa shape index (κ2) is 7.19. The van der Waals surface area contributed by atoms with E-state index >= 15 is 0 Å². The van der Waals surface area contributed by atoms with Crippen molar-refractivity contribution in [1.29, 1.82) is 0 Å². The lowest BCUT2D eigenvalue weighted by molar-refractivity contribution is 0.0127. The minimum atomic E-state index is -1.39. The number of aromatic nitrogens is 1. The summed E-state index contributed by atoms with van der Waals surface area (Å²) in [6, 6.07) is 1.21. The van der Waals surface area contributed by atoms with Crippen LogP contribution in [0.1, 0.15) is 42.8 Å². The zero-order valence-corrected chi connectivity index (χ0v) is 12.6. The summed E-state index contributed by atoms with van der Waals surface area (Å²) in [5.74, 6) is -1.19. The van der Waals surface area contributed by atoms with Crippen LogP contribution in [0.4, 0.5) is 4.79 Å². The van der Waals surface area contributed by atoms with Gasteiger partial charge in [-0.15, -0.1) is 0 Å². The predicted octanol–water partition coefficient (Wildman–Crippen LogP) is 0.699. The van der Waals surface area contributed by atoms with Gasteiger partial charge in [0.15, 0.2) is 0 Å². The molecular formula is C14H20N2O6. The van der Waals surface area contributed by atoms with Crippen molar-refractivity contribution < 1.29 is 29.6 Å². The van der Waals surface area contributed by atoms with Crippen molar-refractivity contribution in [2.24, 2.45) is 0 Å². The van der Waals surface area contributed by atoms with Crippen LogP contribution in [-0.4, -0.2) is 50.6 Å². The van der Waals surface area contributed by atoms with E-state index in [4.69, 9.17) is 9.84 Å². The fourth-order valence-electron chi connectivity index (χ4n) is 1.57. The molecule has 0 saturated heterocycles. The highest BCUT2D eigenvalue weighted by Gasteiger charge is 2.22. The third-order valence-corrected chi connectivity index (χ3v) is 2.57. The number of carbonyl (C=O) groups is 2. The van der Waals surface area contributed by atoms with Gasteiger partial charge in [-0.1, -0.05) is 0 Å². The Balaban J connectivity index is 2.62. The number of hydrogen-bond acceptors (Lipinski definition) is 6. The maximum atomic E-state index is 11.4. The summed E-state index contributed by atoms with van der Waals surface area (Å²) in [7, 11) is 0. The second-order valence-corrected chi connectivity index (χ2v) is 5.71. The minimum absolute atomic E-state index is 0.108. The Morgan fingerprint density at radius 2 is 1.95 bits per heavy atom. The van der Waals surface area contributed by atoms with Crippen LogP contribution in [0.15, 0.2) is 18.5 Å². The molecule has 0 saturated carbocycles. The summed E-state index contributed by atoms with van der Waals surface area (Å²) in [6.45, 7) is 4.83. The summed E-state index contributed by atoms with van der Waals surface area (Å²) >= 11 is 0. The Bertz CT molecular complexity index is 540. The molecule has 1 aromatic rings. The van der Waals surface area contributed by atoms with Crippen molar-refractivity contribution in [2.45, 2.75) is 38.6 Å². The molecule has 8 heteroatoms. The van der Waals surface area contributed by atoms with Crippen LogP contribution in [0.25, 0.3) is 0 Å². The normalized spacial score (nSPS) is 14.0. The highest BCUT2D eigenvalue weighted by Crippen LogP contribution is 2.17. The number of pyridine rings is 1. The fraction of sp³-hybridized carbons (Fsp3) is 0.500. The van der Waals surface area contributed by atoms with E-state index in [0.717, 1.165) is 6.20 Å². The van der Waals surface area contributed by atoms with Crippen molar-refractivity contribution in [3.05, 3.63) is 29.6 Å². The van der Waals surface area contributed by atoms with Crippen LogP contribution in [0.5, 0.6) is 0 Å². The van der Waals surface area contributed by atoms with Crippen molar-refractivity contribution in [3.63, 3.8) is 0 Å². The van der Waals surface area contributed by atoms with Crippen LogP contribution in [0, 0.1) is 0 Å². The molecule has 0 aliphatic carbocycles. The molecule has 8 nitrogen and oxygen atoms in total. The molecule has 0 radical (unpaired) electrons. The highest BCUT2D eigenvalue weighted by atomic mass is 16.6. The third kappa shape index (κ3) is 5.66. The highest BCUT2D eigenvalue weighted by molar-refractivity contribution is 5.87. The maximum absolute atomic E-state index is 11.4. The molecule has 122 valence electrons. The molecule has 0 aliphatic heterocycles. The zero-order valence-electron chi connectivity index (χ0n) is 12.6. The smallest absolute Gasteiger partial charge is 0.407 e. The number of aliphatic hydroxyl groups is 2. The molecule has 2 atom stereocenters. The quantitative estimate of drug-likeness (QED) is 0.629. The first-order valence-corrected chi connectivity index (χ1v) is 6.61. The zero-order chi connectivity index (χ0) is 16.9. The average Bonchev–Trinajstić information content (AvgIpc) is 2.42. The van der Waals surface area contributed by atoms with Gasteiger partial charge in [-0.05, 0) is 26.8 Å². The van der Waals surface area contributed by atoms with Crippen LogP contribution >= 0.6 is 0 Å². The van der Waals surface area contributed by atoms with Crippen molar-refractivity contribution in [1.82, 2.24) is 10.3 Å². The van der Waals surface area contributed by atoms with Gasteiger partial charge < -0.3 is 25.4 Å². The largest absolute Gasteiger partial charge is 0.478 e. The molecule has 0 aromatic carbocycles. The molecule has 1 rings (SSSR count). The first kappa shape index (κ1) is 17.9. The molecule has 2 unspecified atom stereocenters. The summed E-state index contributed by atoms with van der Waals surface area (Å²) in [6.07, 6.45) is -1.08. The lowest BCUT2D eigenvalue weighted by atomic mass is 10.0. The summed E-state index contributed by atoms with van der Waals surface area (Å²) in [5.41, 5.74) is -0.643. The Morgan fingerprint density at radius 3 is 2.50 bits per heavy atom. The number of carboxylic acid groups (broad SMARTS) is 1. The van der Waals surface area contributed by atoms with E-state index in [-0.39, 0.29) is 17.7 Å². The molecule has 1 aromatic heterocycles. The lowest BCUT2D eigenvalue weighted by Gasteiger charge is -2.22. The van der Waals surface area contributed by atoms with Gasteiger partial charge >= 0.3 is 12.1 Å². The van der Waals surface area contributed by atoms with Gasteiger partial charge in [-0.2, -0.15) is 0 Å². The number of carboxylic acids is 1. The van der Waals surface area contributed by atoms with Crippen LogP contribution in [0.2, 0.25) is 0 Å². The molecule has 0 spiro atoms. The molecule has 22 heavy (non-hydrogen) atoms. The number of amides is 1. The van der Waals surface area contributed by atoms with Gasteiger partial charge in [-0.25, -0.2) is 9.59 Å². The van der Waals surface area contributed by atoms with Crippen LogP contribution in [-0.2, 0) is 4.74 Å². The number of alkyl carbamates (subject to hydrolysis) is 1. The SMILES string of the molecule is CC(C)(C)OC(=O)NCC(O)C(O)c1cncc(C(=O)O)c1. The van der Waals surface area contributed by atoms with Gasteiger partial charge in [-0.3, -0.25) is 4.98 Å². The predicted molar refractivity (Wildman–Crippen MR) is 76.4 cm³/mol. The average molecular weight is 312 g/mol. The third-order valence-electron chi connectivity index (χ3n) is 2.57. The number of aromatic carboxylic acids is 1. The van der Waals surface area contributed by atoms with E-state index in [0.29, 0.717) is 0 Å². The lowest BCUT2D eigenvalue weighted by Crippen LogP contribution is -2.38. The fourth-order valence-corrected chi connectivity index (χ4v) is 1.57. The van der Waals surface area contributed by atoms with E-state index < -0.39 is 29.9 Å². The first-order chi connectivity index (χ1) is 10.1.